The zero-order valence-electron chi connectivity index (χ0n) is 21.0. The number of aryl methyl sites for hydroxylation is 2. The van der Waals surface area contributed by atoms with Gasteiger partial charge in [-0.15, -0.1) is 11.3 Å². The molecule has 0 aliphatic heterocycles. The van der Waals surface area contributed by atoms with Crippen molar-refractivity contribution in [2.24, 2.45) is 5.92 Å². The number of ether oxygens (including phenoxy) is 1. The summed E-state index contributed by atoms with van der Waals surface area (Å²) in [5, 5.41) is 12.5. The highest BCUT2D eigenvalue weighted by atomic mass is 32.2. The number of sulfonamides is 1. The van der Waals surface area contributed by atoms with Gasteiger partial charge >= 0.3 is 5.97 Å². The van der Waals surface area contributed by atoms with Crippen molar-refractivity contribution >= 4 is 38.4 Å². The SMILES string of the molecule is COCCN(CCC(=O)O)S(=O)(=O)c1ccc([C@@H](CC2CCCC2)C(=O)Nc2nc(C)c(C)s2)cc1. The van der Waals surface area contributed by atoms with Crippen LogP contribution in [0.1, 0.15) is 60.6 Å². The minimum atomic E-state index is -3.92. The maximum atomic E-state index is 13.3. The van der Waals surface area contributed by atoms with Gasteiger partial charge in [-0.1, -0.05) is 37.8 Å². The van der Waals surface area contributed by atoms with E-state index < -0.39 is 21.9 Å². The van der Waals surface area contributed by atoms with Crippen molar-refractivity contribution in [1.29, 1.82) is 0 Å². The fraction of sp³-hybridized carbons (Fsp3) is 0.560. The standard InChI is InChI=1S/C25H35N3O6S2/c1-17-18(2)35-25(26-17)27-24(31)22(16-19-6-4-5-7-19)20-8-10-21(11-9-20)36(32,33)28(14-15-34-3)13-12-23(29)30/h8-11,19,22H,4-7,12-16H2,1-3H3,(H,29,30)(H,26,27,31)/t22-/m1/s1. The molecule has 1 aromatic heterocycles. The fourth-order valence-corrected chi connectivity index (χ4v) is 6.72. The van der Waals surface area contributed by atoms with E-state index in [0.717, 1.165) is 46.1 Å². The Labute approximate surface area is 216 Å². The molecule has 2 N–H and O–H groups in total. The molecule has 0 radical (unpaired) electrons. The molecule has 0 spiro atoms. The zero-order chi connectivity index (χ0) is 26.3. The summed E-state index contributed by atoms with van der Waals surface area (Å²) in [5.41, 5.74) is 1.63. The summed E-state index contributed by atoms with van der Waals surface area (Å²) in [5.74, 6) is -1.20. The number of methoxy groups -OCH3 is 1. The number of hydrogen-bond donors (Lipinski definition) is 2. The second-order valence-electron chi connectivity index (χ2n) is 9.20. The van der Waals surface area contributed by atoms with Gasteiger partial charge in [-0.05, 0) is 43.9 Å². The van der Waals surface area contributed by atoms with Crippen LogP contribution < -0.4 is 5.32 Å². The lowest BCUT2D eigenvalue weighted by Gasteiger charge is -2.23. The van der Waals surface area contributed by atoms with Gasteiger partial charge in [-0.2, -0.15) is 4.31 Å². The first-order valence-electron chi connectivity index (χ1n) is 12.2. The lowest BCUT2D eigenvalue weighted by atomic mass is 9.87. The number of nitrogens with zero attached hydrogens (tertiary/aromatic N) is 2. The Balaban J connectivity index is 1.83. The summed E-state index contributed by atoms with van der Waals surface area (Å²) < 4.78 is 32.5. The lowest BCUT2D eigenvalue weighted by Crippen LogP contribution is -2.35. The van der Waals surface area contributed by atoms with Crippen molar-refractivity contribution < 1.29 is 27.9 Å². The van der Waals surface area contributed by atoms with Crippen LogP contribution in [0.25, 0.3) is 0 Å². The summed E-state index contributed by atoms with van der Waals surface area (Å²) >= 11 is 1.44. The number of anilines is 1. The van der Waals surface area contributed by atoms with Crippen molar-refractivity contribution in [3.05, 3.63) is 40.4 Å². The molecule has 0 unspecified atom stereocenters. The van der Waals surface area contributed by atoms with Crippen LogP contribution in [-0.4, -0.2) is 61.5 Å². The molecule has 0 saturated heterocycles. The van der Waals surface area contributed by atoms with Crippen molar-refractivity contribution in [2.75, 3.05) is 32.1 Å². The summed E-state index contributed by atoms with van der Waals surface area (Å²) in [6.07, 6.45) is 4.89. The number of carboxylic acid groups (broad SMARTS) is 1. The third-order valence-electron chi connectivity index (χ3n) is 6.66. The van der Waals surface area contributed by atoms with Crippen molar-refractivity contribution in [2.45, 2.75) is 63.2 Å². The average molecular weight is 538 g/mol. The molecule has 198 valence electrons. The Bertz CT molecular complexity index is 1120. The van der Waals surface area contributed by atoms with E-state index in [1.54, 1.807) is 12.1 Å². The van der Waals surface area contributed by atoms with Gasteiger partial charge in [0.2, 0.25) is 15.9 Å². The second kappa shape index (κ2) is 12.8. The Kier molecular flexibility index (Phi) is 10.0. The first-order chi connectivity index (χ1) is 17.1. The molecule has 1 atom stereocenters. The van der Waals surface area contributed by atoms with Crippen LogP contribution in [0.5, 0.6) is 0 Å². The maximum absolute atomic E-state index is 13.3. The molecule has 1 saturated carbocycles. The molecule has 1 aromatic carbocycles. The van der Waals surface area contributed by atoms with Crippen LogP contribution in [0.4, 0.5) is 5.13 Å². The van der Waals surface area contributed by atoms with E-state index in [1.165, 1.54) is 30.6 Å². The van der Waals surface area contributed by atoms with Gasteiger partial charge in [0.1, 0.15) is 0 Å². The zero-order valence-corrected chi connectivity index (χ0v) is 22.7. The molecular weight excluding hydrogens is 502 g/mol. The van der Waals surface area contributed by atoms with E-state index in [4.69, 9.17) is 9.84 Å². The number of carbonyl (C=O) groups is 2. The first kappa shape index (κ1) is 28.2. The van der Waals surface area contributed by atoms with Gasteiger partial charge < -0.3 is 15.2 Å². The average Bonchev–Trinajstić information content (AvgIpc) is 3.46. The molecule has 1 fully saturated rings. The molecule has 1 aliphatic rings. The van der Waals surface area contributed by atoms with Crippen LogP contribution >= 0.6 is 11.3 Å². The second-order valence-corrected chi connectivity index (χ2v) is 12.3. The molecule has 3 rings (SSSR count). The first-order valence-corrected chi connectivity index (χ1v) is 14.4. The summed E-state index contributed by atoms with van der Waals surface area (Å²) in [4.78, 5) is 29.9. The number of carboxylic acids is 1. The molecule has 2 aromatic rings. The predicted molar refractivity (Wildman–Crippen MR) is 139 cm³/mol. The van der Waals surface area contributed by atoms with Gasteiger partial charge in [0.05, 0.1) is 29.5 Å². The Morgan fingerprint density at radius 2 is 1.86 bits per heavy atom. The summed E-state index contributed by atoms with van der Waals surface area (Å²) in [6, 6.07) is 6.38. The van der Waals surface area contributed by atoms with Gasteiger partial charge in [0, 0.05) is 25.1 Å². The van der Waals surface area contributed by atoms with E-state index in [0.29, 0.717) is 17.5 Å². The molecule has 1 heterocycles. The van der Waals surface area contributed by atoms with Gasteiger partial charge in [0.25, 0.3) is 0 Å². The van der Waals surface area contributed by atoms with Gasteiger partial charge in [-0.25, -0.2) is 13.4 Å². The minimum Gasteiger partial charge on any atom is -0.481 e. The third kappa shape index (κ3) is 7.34. The monoisotopic (exact) mass is 537 g/mol. The largest absolute Gasteiger partial charge is 0.481 e. The number of amides is 1. The molecule has 0 bridgehead atoms. The highest BCUT2D eigenvalue weighted by Gasteiger charge is 2.29. The van der Waals surface area contributed by atoms with Crippen molar-refractivity contribution in [3.63, 3.8) is 0 Å². The number of thiazole rings is 1. The highest BCUT2D eigenvalue weighted by molar-refractivity contribution is 7.89. The smallest absolute Gasteiger partial charge is 0.304 e. The van der Waals surface area contributed by atoms with E-state index in [9.17, 15) is 18.0 Å². The molecular formula is C25H35N3O6S2. The number of benzene rings is 1. The Morgan fingerprint density at radius 3 is 2.42 bits per heavy atom. The van der Waals surface area contributed by atoms with Crippen molar-refractivity contribution in [1.82, 2.24) is 9.29 Å². The number of aromatic nitrogens is 1. The van der Waals surface area contributed by atoms with Crippen molar-refractivity contribution in [3.8, 4) is 0 Å². The highest BCUT2D eigenvalue weighted by Crippen LogP contribution is 2.35. The fourth-order valence-electron chi connectivity index (χ4n) is 4.48. The van der Waals surface area contributed by atoms with Gasteiger partial charge in [0.15, 0.2) is 5.13 Å². The van der Waals surface area contributed by atoms with E-state index >= 15 is 0 Å². The quantitative estimate of drug-likeness (QED) is 0.393. The predicted octanol–water partition coefficient (Wildman–Crippen LogP) is 4.17. The Hall–Kier alpha value is -2.34. The van der Waals surface area contributed by atoms with Crippen LogP contribution in [0, 0.1) is 19.8 Å². The Morgan fingerprint density at radius 1 is 1.19 bits per heavy atom. The summed E-state index contributed by atoms with van der Waals surface area (Å²) in [6.45, 7) is 3.92. The number of hydrogen-bond acceptors (Lipinski definition) is 7. The maximum Gasteiger partial charge on any atom is 0.304 e. The van der Waals surface area contributed by atoms with Crippen LogP contribution in [0.3, 0.4) is 0 Å². The topological polar surface area (TPSA) is 126 Å². The summed E-state index contributed by atoms with van der Waals surface area (Å²) in [7, 11) is -2.46. The molecule has 9 nitrogen and oxygen atoms in total. The van der Waals surface area contributed by atoms with E-state index in [-0.39, 0.29) is 36.9 Å². The number of aliphatic carboxylic acids is 1. The number of nitrogens with one attached hydrogen (secondary N) is 1. The molecule has 1 amide bonds. The normalized spacial score (nSPS) is 15.3. The minimum absolute atomic E-state index is 0.0488. The third-order valence-corrected chi connectivity index (χ3v) is 9.56. The van der Waals surface area contributed by atoms with Crippen LogP contribution in [0.2, 0.25) is 0 Å². The van der Waals surface area contributed by atoms with Gasteiger partial charge in [-0.3, -0.25) is 9.59 Å². The molecule has 11 heteroatoms. The van der Waals surface area contributed by atoms with E-state index in [1.807, 2.05) is 13.8 Å². The lowest BCUT2D eigenvalue weighted by molar-refractivity contribution is -0.137. The van der Waals surface area contributed by atoms with Crippen LogP contribution in [-0.2, 0) is 24.3 Å². The molecule has 1 aliphatic carbocycles. The number of rotatable bonds is 13. The number of carbonyl (C=O) groups excluding carboxylic acids is 1. The van der Waals surface area contributed by atoms with Crippen LogP contribution in [0.15, 0.2) is 29.2 Å². The molecule has 36 heavy (non-hydrogen) atoms. The van der Waals surface area contributed by atoms with E-state index in [2.05, 4.69) is 10.3 Å².